The molecule has 0 aromatic heterocycles. The number of rotatable bonds is 7. The van der Waals surface area contributed by atoms with Gasteiger partial charge < -0.3 is 14.8 Å². The minimum atomic E-state index is -0.940. The third-order valence-corrected chi connectivity index (χ3v) is 3.52. The minimum Gasteiger partial charge on any atom is -0.494 e. The lowest BCUT2D eigenvalue weighted by molar-refractivity contribution is -0.114. The van der Waals surface area contributed by atoms with Crippen molar-refractivity contribution in [2.75, 3.05) is 11.9 Å². The molecule has 2 rings (SSSR count). The van der Waals surface area contributed by atoms with Crippen molar-refractivity contribution in [3.05, 3.63) is 59.7 Å². The molecule has 0 aliphatic heterocycles. The molecule has 0 unspecified atom stereocenters. The van der Waals surface area contributed by atoms with Gasteiger partial charge in [-0.1, -0.05) is 6.07 Å². The second-order valence-electron chi connectivity index (χ2n) is 5.63. The lowest BCUT2D eigenvalue weighted by atomic mass is 10.1. The van der Waals surface area contributed by atoms with E-state index in [1.165, 1.54) is 19.9 Å². The molecule has 0 spiro atoms. The van der Waals surface area contributed by atoms with Crippen LogP contribution in [0.4, 0.5) is 5.69 Å². The molecule has 1 N–H and O–H groups in total. The number of amides is 1. The predicted octanol–water partition coefficient (Wildman–Crippen LogP) is 3.47. The Morgan fingerprint density at radius 1 is 1.04 bits per heavy atom. The number of hydrogen-bond acceptors (Lipinski definition) is 5. The molecule has 0 heterocycles. The molecule has 1 atom stereocenters. The Balaban J connectivity index is 2.03. The standard InChI is InChI=1S/C20H21NO5/c1-4-25-18-10-8-15(9-11-18)19(23)13(2)26-20(24)16-6-5-7-17(12-16)21-14(3)22/h5-13H,4H2,1-3H3,(H,21,22)/t13-/m0/s1. The summed E-state index contributed by atoms with van der Waals surface area (Å²) in [5.41, 5.74) is 1.17. The summed E-state index contributed by atoms with van der Waals surface area (Å²) in [6, 6.07) is 13.0. The zero-order valence-corrected chi connectivity index (χ0v) is 14.9. The van der Waals surface area contributed by atoms with Crippen LogP contribution in [0.25, 0.3) is 0 Å². The number of benzene rings is 2. The average molecular weight is 355 g/mol. The van der Waals surface area contributed by atoms with Gasteiger partial charge in [0, 0.05) is 18.2 Å². The van der Waals surface area contributed by atoms with E-state index in [-0.39, 0.29) is 17.3 Å². The van der Waals surface area contributed by atoms with Crippen LogP contribution in [0.1, 0.15) is 41.5 Å². The molecular weight excluding hydrogens is 334 g/mol. The summed E-state index contributed by atoms with van der Waals surface area (Å²) in [6.07, 6.45) is -0.940. The highest BCUT2D eigenvalue weighted by Gasteiger charge is 2.20. The third kappa shape index (κ3) is 5.17. The third-order valence-electron chi connectivity index (χ3n) is 3.52. The highest BCUT2D eigenvalue weighted by Crippen LogP contribution is 2.16. The van der Waals surface area contributed by atoms with E-state index in [9.17, 15) is 14.4 Å². The van der Waals surface area contributed by atoms with Crippen molar-refractivity contribution in [1.29, 1.82) is 0 Å². The Kier molecular flexibility index (Phi) is 6.49. The van der Waals surface area contributed by atoms with Crippen molar-refractivity contribution < 1.29 is 23.9 Å². The fraction of sp³-hybridized carbons (Fsp3) is 0.250. The van der Waals surface area contributed by atoms with Crippen LogP contribution in [0, 0.1) is 0 Å². The summed E-state index contributed by atoms with van der Waals surface area (Å²) in [6.45, 7) is 5.32. The molecule has 0 aliphatic carbocycles. The number of ketones is 1. The van der Waals surface area contributed by atoms with Gasteiger partial charge in [0.25, 0.3) is 0 Å². The SMILES string of the molecule is CCOc1ccc(C(=O)[C@H](C)OC(=O)c2cccc(NC(C)=O)c2)cc1. The first kappa shape index (κ1) is 19.2. The van der Waals surface area contributed by atoms with Crippen molar-refractivity contribution in [3.63, 3.8) is 0 Å². The Morgan fingerprint density at radius 2 is 1.73 bits per heavy atom. The highest BCUT2D eigenvalue weighted by molar-refractivity contribution is 6.01. The molecule has 136 valence electrons. The Hall–Kier alpha value is -3.15. The van der Waals surface area contributed by atoms with E-state index in [0.717, 1.165) is 0 Å². The van der Waals surface area contributed by atoms with Gasteiger partial charge in [-0.25, -0.2) is 4.79 Å². The van der Waals surface area contributed by atoms with E-state index in [1.807, 2.05) is 6.92 Å². The van der Waals surface area contributed by atoms with Gasteiger partial charge in [-0.15, -0.1) is 0 Å². The van der Waals surface area contributed by atoms with Crippen LogP contribution in [0.15, 0.2) is 48.5 Å². The van der Waals surface area contributed by atoms with Crippen LogP contribution in [0.5, 0.6) is 5.75 Å². The Labute approximate surface area is 152 Å². The molecule has 0 saturated heterocycles. The number of nitrogens with one attached hydrogen (secondary N) is 1. The van der Waals surface area contributed by atoms with Crippen molar-refractivity contribution in [2.24, 2.45) is 0 Å². The van der Waals surface area contributed by atoms with Crippen LogP contribution in [0.2, 0.25) is 0 Å². The van der Waals surface area contributed by atoms with Crippen LogP contribution in [0.3, 0.4) is 0 Å². The van der Waals surface area contributed by atoms with Gasteiger partial charge in [0.15, 0.2) is 6.10 Å². The number of anilines is 1. The molecule has 0 radical (unpaired) electrons. The minimum absolute atomic E-state index is 0.241. The first-order valence-electron chi connectivity index (χ1n) is 8.26. The summed E-state index contributed by atoms with van der Waals surface area (Å²) >= 11 is 0. The van der Waals surface area contributed by atoms with E-state index in [1.54, 1.807) is 42.5 Å². The van der Waals surface area contributed by atoms with Gasteiger partial charge in [-0.2, -0.15) is 0 Å². The number of carbonyl (C=O) groups is 3. The summed E-state index contributed by atoms with van der Waals surface area (Å²) in [4.78, 5) is 35.8. The summed E-state index contributed by atoms with van der Waals surface area (Å²) < 4.78 is 10.6. The van der Waals surface area contributed by atoms with Crippen LogP contribution >= 0.6 is 0 Å². The zero-order chi connectivity index (χ0) is 19.1. The predicted molar refractivity (Wildman–Crippen MR) is 97.6 cm³/mol. The maximum atomic E-state index is 12.4. The molecular formula is C20H21NO5. The summed E-state index contributed by atoms with van der Waals surface area (Å²) in [5, 5.41) is 2.59. The van der Waals surface area contributed by atoms with Gasteiger partial charge in [-0.05, 0) is 56.3 Å². The summed E-state index contributed by atoms with van der Waals surface area (Å²) in [7, 11) is 0. The van der Waals surface area contributed by atoms with Crippen molar-refractivity contribution in [1.82, 2.24) is 0 Å². The van der Waals surface area contributed by atoms with E-state index in [2.05, 4.69) is 5.32 Å². The van der Waals surface area contributed by atoms with Gasteiger partial charge >= 0.3 is 5.97 Å². The van der Waals surface area contributed by atoms with E-state index in [0.29, 0.717) is 23.6 Å². The largest absolute Gasteiger partial charge is 0.494 e. The first-order valence-corrected chi connectivity index (χ1v) is 8.26. The lowest BCUT2D eigenvalue weighted by Gasteiger charge is -2.13. The van der Waals surface area contributed by atoms with Crippen LogP contribution in [-0.2, 0) is 9.53 Å². The maximum Gasteiger partial charge on any atom is 0.338 e. The monoisotopic (exact) mass is 355 g/mol. The van der Waals surface area contributed by atoms with Crippen LogP contribution < -0.4 is 10.1 Å². The fourth-order valence-electron chi connectivity index (χ4n) is 2.33. The zero-order valence-electron chi connectivity index (χ0n) is 14.9. The topological polar surface area (TPSA) is 81.7 Å². The number of esters is 1. The fourth-order valence-corrected chi connectivity index (χ4v) is 2.33. The molecule has 2 aromatic rings. The molecule has 0 aliphatic rings. The molecule has 0 bridgehead atoms. The maximum absolute atomic E-state index is 12.4. The first-order chi connectivity index (χ1) is 12.4. The molecule has 26 heavy (non-hydrogen) atoms. The molecule has 2 aromatic carbocycles. The Bertz CT molecular complexity index is 798. The second-order valence-corrected chi connectivity index (χ2v) is 5.63. The smallest absolute Gasteiger partial charge is 0.338 e. The average Bonchev–Trinajstić information content (AvgIpc) is 2.61. The normalized spacial score (nSPS) is 11.3. The number of carbonyl (C=O) groups excluding carboxylic acids is 3. The van der Waals surface area contributed by atoms with Crippen molar-refractivity contribution in [2.45, 2.75) is 26.9 Å². The van der Waals surface area contributed by atoms with Gasteiger partial charge in [-0.3, -0.25) is 9.59 Å². The van der Waals surface area contributed by atoms with Crippen molar-refractivity contribution >= 4 is 23.3 Å². The molecule has 0 fully saturated rings. The van der Waals surface area contributed by atoms with Crippen molar-refractivity contribution in [3.8, 4) is 5.75 Å². The van der Waals surface area contributed by atoms with E-state index < -0.39 is 12.1 Å². The molecule has 1 amide bonds. The van der Waals surface area contributed by atoms with E-state index >= 15 is 0 Å². The van der Waals surface area contributed by atoms with Gasteiger partial charge in [0.1, 0.15) is 5.75 Å². The number of ether oxygens (including phenoxy) is 2. The van der Waals surface area contributed by atoms with E-state index in [4.69, 9.17) is 9.47 Å². The van der Waals surface area contributed by atoms with Gasteiger partial charge in [0.05, 0.1) is 12.2 Å². The molecule has 6 nitrogen and oxygen atoms in total. The summed E-state index contributed by atoms with van der Waals surface area (Å²) in [5.74, 6) is -0.513. The van der Waals surface area contributed by atoms with Crippen LogP contribution in [-0.4, -0.2) is 30.4 Å². The molecule has 6 heteroatoms. The number of hydrogen-bond donors (Lipinski definition) is 1. The lowest BCUT2D eigenvalue weighted by Crippen LogP contribution is -2.24. The molecule has 0 saturated carbocycles. The second kappa shape index (κ2) is 8.80. The van der Waals surface area contributed by atoms with Gasteiger partial charge in [0.2, 0.25) is 11.7 Å². The quantitative estimate of drug-likeness (QED) is 0.607. The number of Topliss-reactive ketones (excluding diaryl/α,β-unsaturated/α-hetero) is 1. The Morgan fingerprint density at radius 3 is 2.35 bits per heavy atom. The highest BCUT2D eigenvalue weighted by atomic mass is 16.5.